The SMILES string of the molecule is CC1CN(C2CCCCC2C(=O)O)CC1C. The van der Waals surface area contributed by atoms with Gasteiger partial charge in [-0.3, -0.25) is 9.69 Å². The monoisotopic (exact) mass is 225 g/mol. The summed E-state index contributed by atoms with van der Waals surface area (Å²) in [5.41, 5.74) is 0. The zero-order valence-corrected chi connectivity index (χ0v) is 10.4. The highest BCUT2D eigenvalue weighted by Gasteiger charge is 2.38. The van der Waals surface area contributed by atoms with Crippen LogP contribution in [0.4, 0.5) is 0 Å². The second-order valence-corrected chi connectivity index (χ2v) is 5.71. The van der Waals surface area contributed by atoms with Crippen molar-refractivity contribution in [1.82, 2.24) is 4.90 Å². The molecule has 0 bridgehead atoms. The molecule has 3 nitrogen and oxygen atoms in total. The molecular formula is C13H23NO2. The van der Waals surface area contributed by atoms with E-state index in [4.69, 9.17) is 0 Å². The predicted molar refractivity (Wildman–Crippen MR) is 63.3 cm³/mol. The van der Waals surface area contributed by atoms with Crippen molar-refractivity contribution >= 4 is 5.97 Å². The number of hydrogen-bond donors (Lipinski definition) is 1. The third kappa shape index (κ3) is 2.24. The lowest BCUT2D eigenvalue weighted by Gasteiger charge is -2.35. The number of carbonyl (C=O) groups is 1. The number of carboxylic acid groups (broad SMARTS) is 1. The Kier molecular flexibility index (Phi) is 3.53. The maximum atomic E-state index is 11.3. The molecule has 4 unspecified atom stereocenters. The van der Waals surface area contributed by atoms with Crippen LogP contribution in [-0.2, 0) is 4.79 Å². The van der Waals surface area contributed by atoms with Gasteiger partial charge < -0.3 is 5.11 Å². The number of hydrogen-bond acceptors (Lipinski definition) is 2. The Balaban J connectivity index is 2.03. The second-order valence-electron chi connectivity index (χ2n) is 5.71. The van der Waals surface area contributed by atoms with Gasteiger partial charge in [-0.2, -0.15) is 0 Å². The highest BCUT2D eigenvalue weighted by atomic mass is 16.4. The van der Waals surface area contributed by atoms with Gasteiger partial charge in [0.15, 0.2) is 0 Å². The van der Waals surface area contributed by atoms with E-state index >= 15 is 0 Å². The number of likely N-dealkylation sites (tertiary alicyclic amines) is 1. The highest BCUT2D eigenvalue weighted by Crippen LogP contribution is 2.33. The lowest BCUT2D eigenvalue weighted by Crippen LogP contribution is -2.44. The smallest absolute Gasteiger partial charge is 0.308 e. The standard InChI is InChI=1S/C13H23NO2/c1-9-7-14(8-10(9)2)12-6-4-3-5-11(12)13(15)16/h9-12H,3-8H2,1-2H3,(H,15,16). The minimum atomic E-state index is -0.586. The van der Waals surface area contributed by atoms with Crippen molar-refractivity contribution in [3.8, 4) is 0 Å². The van der Waals surface area contributed by atoms with Crippen molar-refractivity contribution in [2.75, 3.05) is 13.1 Å². The van der Waals surface area contributed by atoms with Crippen LogP contribution in [0.2, 0.25) is 0 Å². The van der Waals surface area contributed by atoms with E-state index in [1.165, 1.54) is 6.42 Å². The molecule has 2 aliphatic rings. The van der Waals surface area contributed by atoms with Crippen LogP contribution in [0.15, 0.2) is 0 Å². The Morgan fingerprint density at radius 3 is 2.25 bits per heavy atom. The predicted octanol–water partition coefficient (Wildman–Crippen LogP) is 2.22. The summed E-state index contributed by atoms with van der Waals surface area (Å²) in [6, 6.07) is 0.304. The third-order valence-electron chi connectivity index (χ3n) is 4.53. The van der Waals surface area contributed by atoms with Crippen LogP contribution in [0.5, 0.6) is 0 Å². The second kappa shape index (κ2) is 4.74. The zero-order chi connectivity index (χ0) is 11.7. The minimum absolute atomic E-state index is 0.119. The van der Waals surface area contributed by atoms with Crippen LogP contribution in [0.3, 0.4) is 0 Å². The molecule has 1 aliphatic carbocycles. The van der Waals surface area contributed by atoms with Gasteiger partial charge in [0.2, 0.25) is 0 Å². The summed E-state index contributed by atoms with van der Waals surface area (Å²) < 4.78 is 0. The molecule has 0 amide bonds. The number of nitrogens with zero attached hydrogens (tertiary/aromatic N) is 1. The van der Waals surface area contributed by atoms with Crippen LogP contribution < -0.4 is 0 Å². The van der Waals surface area contributed by atoms with E-state index in [1.807, 2.05) is 0 Å². The molecule has 3 heteroatoms. The molecule has 92 valence electrons. The van der Waals surface area contributed by atoms with E-state index in [0.29, 0.717) is 6.04 Å². The highest BCUT2D eigenvalue weighted by molar-refractivity contribution is 5.71. The molecule has 2 fully saturated rings. The van der Waals surface area contributed by atoms with Gasteiger partial charge in [-0.25, -0.2) is 0 Å². The number of carboxylic acids is 1. The van der Waals surface area contributed by atoms with Crippen LogP contribution in [0.25, 0.3) is 0 Å². The van der Waals surface area contributed by atoms with Gasteiger partial charge >= 0.3 is 5.97 Å². The Labute approximate surface area is 97.8 Å². The van der Waals surface area contributed by atoms with Crippen molar-refractivity contribution in [3.63, 3.8) is 0 Å². The molecule has 0 aromatic rings. The van der Waals surface area contributed by atoms with Gasteiger partial charge in [-0.15, -0.1) is 0 Å². The van der Waals surface area contributed by atoms with Crippen molar-refractivity contribution in [2.45, 2.75) is 45.6 Å². The first-order chi connectivity index (χ1) is 7.59. The van der Waals surface area contributed by atoms with Gasteiger partial charge in [-0.1, -0.05) is 26.7 Å². The first-order valence-electron chi connectivity index (χ1n) is 6.56. The average molecular weight is 225 g/mol. The summed E-state index contributed by atoms with van der Waals surface area (Å²) in [4.78, 5) is 13.7. The van der Waals surface area contributed by atoms with Gasteiger partial charge in [0.05, 0.1) is 5.92 Å². The molecule has 1 heterocycles. The molecule has 1 aliphatic heterocycles. The lowest BCUT2D eigenvalue weighted by atomic mass is 9.83. The summed E-state index contributed by atoms with van der Waals surface area (Å²) in [6.07, 6.45) is 4.25. The van der Waals surface area contributed by atoms with Crippen LogP contribution in [0, 0.1) is 17.8 Å². The van der Waals surface area contributed by atoms with Gasteiger partial charge in [0, 0.05) is 19.1 Å². The van der Waals surface area contributed by atoms with E-state index in [9.17, 15) is 9.90 Å². The Hall–Kier alpha value is -0.570. The van der Waals surface area contributed by atoms with E-state index in [0.717, 1.165) is 44.2 Å². The fourth-order valence-electron chi connectivity index (χ4n) is 3.28. The first-order valence-corrected chi connectivity index (χ1v) is 6.56. The molecule has 2 rings (SSSR count). The molecule has 0 radical (unpaired) electrons. The molecule has 0 aromatic carbocycles. The fraction of sp³-hybridized carbons (Fsp3) is 0.923. The number of aliphatic carboxylic acids is 1. The topological polar surface area (TPSA) is 40.5 Å². The van der Waals surface area contributed by atoms with Gasteiger partial charge in [-0.05, 0) is 24.7 Å². The molecular weight excluding hydrogens is 202 g/mol. The zero-order valence-electron chi connectivity index (χ0n) is 10.4. The first kappa shape index (κ1) is 11.9. The van der Waals surface area contributed by atoms with Crippen molar-refractivity contribution in [1.29, 1.82) is 0 Å². The Morgan fingerprint density at radius 2 is 1.69 bits per heavy atom. The maximum absolute atomic E-state index is 11.3. The van der Waals surface area contributed by atoms with E-state index in [2.05, 4.69) is 18.7 Å². The van der Waals surface area contributed by atoms with E-state index in [-0.39, 0.29) is 5.92 Å². The summed E-state index contributed by atoms with van der Waals surface area (Å²) in [5.74, 6) is 0.732. The molecule has 1 saturated carbocycles. The quantitative estimate of drug-likeness (QED) is 0.783. The van der Waals surface area contributed by atoms with Crippen molar-refractivity contribution < 1.29 is 9.90 Å². The summed E-state index contributed by atoms with van der Waals surface area (Å²) in [5, 5.41) is 9.27. The Bertz CT molecular complexity index is 257. The molecule has 1 N–H and O–H groups in total. The summed E-state index contributed by atoms with van der Waals surface area (Å²) >= 11 is 0. The third-order valence-corrected chi connectivity index (χ3v) is 4.53. The summed E-state index contributed by atoms with van der Waals surface area (Å²) in [6.45, 7) is 6.75. The van der Waals surface area contributed by atoms with E-state index in [1.54, 1.807) is 0 Å². The molecule has 16 heavy (non-hydrogen) atoms. The Morgan fingerprint density at radius 1 is 1.12 bits per heavy atom. The molecule has 0 aromatic heterocycles. The molecule has 1 saturated heterocycles. The number of rotatable bonds is 2. The van der Waals surface area contributed by atoms with E-state index < -0.39 is 5.97 Å². The maximum Gasteiger partial charge on any atom is 0.308 e. The van der Waals surface area contributed by atoms with Crippen molar-refractivity contribution in [3.05, 3.63) is 0 Å². The fourth-order valence-corrected chi connectivity index (χ4v) is 3.28. The average Bonchev–Trinajstić information content (AvgIpc) is 2.59. The van der Waals surface area contributed by atoms with Crippen LogP contribution in [-0.4, -0.2) is 35.1 Å². The summed E-state index contributed by atoms with van der Waals surface area (Å²) in [7, 11) is 0. The largest absolute Gasteiger partial charge is 0.481 e. The molecule has 0 spiro atoms. The lowest BCUT2D eigenvalue weighted by molar-refractivity contribution is -0.145. The van der Waals surface area contributed by atoms with Crippen molar-refractivity contribution in [2.24, 2.45) is 17.8 Å². The van der Waals surface area contributed by atoms with Crippen LogP contribution in [0.1, 0.15) is 39.5 Å². The molecule has 4 atom stereocenters. The van der Waals surface area contributed by atoms with Crippen LogP contribution >= 0.6 is 0 Å². The normalized spacial score (nSPS) is 41.1. The van der Waals surface area contributed by atoms with Gasteiger partial charge in [0.1, 0.15) is 0 Å². The van der Waals surface area contributed by atoms with Gasteiger partial charge in [0.25, 0.3) is 0 Å². The minimum Gasteiger partial charge on any atom is -0.481 e.